The number of hydrogen-bond acceptors (Lipinski definition) is 4. The lowest BCUT2D eigenvalue weighted by molar-refractivity contribution is 0.0680. The van der Waals surface area contributed by atoms with E-state index < -0.39 is 0 Å². The second-order valence-corrected chi connectivity index (χ2v) is 6.90. The number of nitrogens with zero attached hydrogens (tertiary/aromatic N) is 4. The van der Waals surface area contributed by atoms with Crippen LogP contribution in [0.1, 0.15) is 41.0 Å². The molecule has 6 nitrogen and oxygen atoms in total. The number of aryl methyl sites for hydroxylation is 1. The Morgan fingerprint density at radius 2 is 2.00 bits per heavy atom. The molecule has 1 fully saturated rings. The summed E-state index contributed by atoms with van der Waals surface area (Å²) in [6, 6.07) is 8.06. The first-order chi connectivity index (χ1) is 12.1. The third kappa shape index (κ3) is 4.43. The molecule has 1 aliphatic heterocycles. The number of halogens is 1. The highest BCUT2D eigenvalue weighted by Crippen LogP contribution is 2.22. The van der Waals surface area contributed by atoms with E-state index in [1.54, 1.807) is 4.68 Å². The summed E-state index contributed by atoms with van der Waals surface area (Å²) in [5.74, 6) is 0.712. The maximum absolute atomic E-state index is 12.9. The van der Waals surface area contributed by atoms with Gasteiger partial charge in [0.25, 0.3) is 5.91 Å². The van der Waals surface area contributed by atoms with Crippen molar-refractivity contribution in [3.8, 4) is 5.69 Å². The van der Waals surface area contributed by atoms with E-state index in [1.165, 1.54) is 6.42 Å². The lowest BCUT2D eigenvalue weighted by Crippen LogP contribution is -2.39. The lowest BCUT2D eigenvalue weighted by atomic mass is 9.93. The molecule has 0 aliphatic carbocycles. The molecule has 1 amide bonds. The lowest BCUT2D eigenvalue weighted by Gasteiger charge is -2.31. The van der Waals surface area contributed by atoms with Crippen LogP contribution in [0.3, 0.4) is 0 Å². The molecule has 0 atom stereocenters. The average Bonchev–Trinajstić information content (AvgIpc) is 3.01. The van der Waals surface area contributed by atoms with Gasteiger partial charge in [0.1, 0.15) is 0 Å². The zero-order valence-corrected chi connectivity index (χ0v) is 16.6. The Hall–Kier alpha value is -1.92. The smallest absolute Gasteiger partial charge is 0.276 e. The van der Waals surface area contributed by atoms with Gasteiger partial charge < -0.3 is 10.2 Å². The molecule has 3 rings (SSSR count). The van der Waals surface area contributed by atoms with Gasteiger partial charge in [-0.3, -0.25) is 4.79 Å². The maximum Gasteiger partial charge on any atom is 0.276 e. The minimum absolute atomic E-state index is 0. The van der Waals surface area contributed by atoms with Gasteiger partial charge in [0, 0.05) is 13.1 Å². The number of carbonyl (C=O) groups excluding carboxylic acids is 1. The highest BCUT2D eigenvalue weighted by atomic mass is 35.5. The van der Waals surface area contributed by atoms with Gasteiger partial charge in [0.05, 0.1) is 11.4 Å². The van der Waals surface area contributed by atoms with Crippen molar-refractivity contribution in [1.29, 1.82) is 0 Å². The summed E-state index contributed by atoms with van der Waals surface area (Å²) in [5, 5.41) is 11.6. The van der Waals surface area contributed by atoms with Crippen molar-refractivity contribution in [2.24, 2.45) is 5.92 Å². The van der Waals surface area contributed by atoms with E-state index >= 15 is 0 Å². The van der Waals surface area contributed by atoms with E-state index in [2.05, 4.69) is 15.6 Å². The van der Waals surface area contributed by atoms with Gasteiger partial charge in [-0.25, -0.2) is 4.68 Å². The zero-order chi connectivity index (χ0) is 17.8. The predicted molar refractivity (Wildman–Crippen MR) is 105 cm³/mol. The van der Waals surface area contributed by atoms with E-state index in [1.807, 2.05) is 50.1 Å². The molecule has 142 valence electrons. The van der Waals surface area contributed by atoms with Crippen LogP contribution in [-0.4, -0.2) is 52.5 Å². The molecular weight excluding hydrogens is 350 g/mol. The zero-order valence-electron chi connectivity index (χ0n) is 15.7. The maximum atomic E-state index is 12.9. The number of rotatable bonds is 5. The molecule has 1 aromatic heterocycles. The van der Waals surface area contributed by atoms with Crippen LogP contribution < -0.4 is 5.32 Å². The summed E-state index contributed by atoms with van der Waals surface area (Å²) in [4.78, 5) is 14.8. The van der Waals surface area contributed by atoms with Crippen LogP contribution in [0.25, 0.3) is 5.69 Å². The van der Waals surface area contributed by atoms with Crippen LogP contribution in [0.15, 0.2) is 24.3 Å². The number of likely N-dealkylation sites (tertiary alicyclic amines) is 1. The summed E-state index contributed by atoms with van der Waals surface area (Å²) in [6.07, 6.45) is 3.32. The van der Waals surface area contributed by atoms with E-state index in [-0.39, 0.29) is 18.3 Å². The van der Waals surface area contributed by atoms with Crippen LogP contribution >= 0.6 is 12.4 Å². The number of hydrogen-bond donors (Lipinski definition) is 1. The fraction of sp³-hybridized carbons (Fsp3) is 0.526. The van der Waals surface area contributed by atoms with Gasteiger partial charge >= 0.3 is 0 Å². The van der Waals surface area contributed by atoms with Gasteiger partial charge in [-0.05, 0) is 70.3 Å². The van der Waals surface area contributed by atoms with Crippen LogP contribution in [0, 0.1) is 19.8 Å². The number of benzene rings is 1. The number of piperidine rings is 1. The minimum atomic E-state index is 0. The molecule has 1 aromatic carbocycles. The highest BCUT2D eigenvalue weighted by Gasteiger charge is 2.27. The number of nitrogens with one attached hydrogen (secondary N) is 1. The predicted octanol–water partition coefficient (Wildman–Crippen LogP) is 2.77. The van der Waals surface area contributed by atoms with Crippen molar-refractivity contribution < 1.29 is 4.79 Å². The van der Waals surface area contributed by atoms with Gasteiger partial charge in [-0.15, -0.1) is 17.5 Å². The summed E-state index contributed by atoms with van der Waals surface area (Å²) >= 11 is 0. The largest absolute Gasteiger partial charge is 0.337 e. The Morgan fingerprint density at radius 1 is 1.27 bits per heavy atom. The van der Waals surface area contributed by atoms with Crippen LogP contribution in [0.2, 0.25) is 0 Å². The van der Waals surface area contributed by atoms with Crippen molar-refractivity contribution >= 4 is 18.3 Å². The molecule has 1 saturated heterocycles. The molecule has 0 spiro atoms. The van der Waals surface area contributed by atoms with E-state index in [9.17, 15) is 4.79 Å². The van der Waals surface area contributed by atoms with Crippen molar-refractivity contribution in [3.05, 3.63) is 41.2 Å². The first-order valence-corrected chi connectivity index (χ1v) is 9.03. The van der Waals surface area contributed by atoms with Gasteiger partial charge in [-0.2, -0.15) is 0 Å². The van der Waals surface area contributed by atoms with Crippen LogP contribution in [0.5, 0.6) is 0 Å². The van der Waals surface area contributed by atoms with Crippen molar-refractivity contribution in [1.82, 2.24) is 25.2 Å². The molecule has 1 aliphatic rings. The monoisotopic (exact) mass is 377 g/mol. The first-order valence-electron chi connectivity index (χ1n) is 9.03. The number of amides is 1. The third-order valence-corrected chi connectivity index (χ3v) is 5.05. The highest BCUT2D eigenvalue weighted by molar-refractivity contribution is 5.93. The summed E-state index contributed by atoms with van der Waals surface area (Å²) in [7, 11) is 1.99. The van der Waals surface area contributed by atoms with Crippen LogP contribution in [-0.2, 0) is 0 Å². The molecule has 2 aromatic rings. The van der Waals surface area contributed by atoms with E-state index in [4.69, 9.17) is 0 Å². The van der Waals surface area contributed by atoms with E-state index in [0.717, 1.165) is 49.4 Å². The van der Waals surface area contributed by atoms with Crippen LogP contribution in [0.4, 0.5) is 0 Å². The Bertz CT molecular complexity index is 737. The fourth-order valence-electron chi connectivity index (χ4n) is 3.45. The standard InChI is InChI=1S/C19H27N5O.ClH/c1-14-5-4-6-17(13-14)24-15(2)18(21-22-24)19(25)23-11-8-16(9-12-23)7-10-20-3;/h4-6,13,16,20H,7-12H2,1-3H3;1H. The number of aromatic nitrogens is 3. The minimum Gasteiger partial charge on any atom is -0.337 e. The molecule has 0 saturated carbocycles. The van der Waals surface area contributed by atoms with Gasteiger partial charge in [-0.1, -0.05) is 17.3 Å². The average molecular weight is 378 g/mol. The summed E-state index contributed by atoms with van der Waals surface area (Å²) < 4.78 is 1.75. The quantitative estimate of drug-likeness (QED) is 0.870. The Kier molecular flexibility index (Phi) is 7.17. The topological polar surface area (TPSA) is 63.1 Å². The summed E-state index contributed by atoms with van der Waals surface area (Å²) in [5.41, 5.74) is 3.36. The first kappa shape index (κ1) is 20.4. The molecule has 7 heteroatoms. The molecule has 2 heterocycles. The Morgan fingerprint density at radius 3 is 2.65 bits per heavy atom. The van der Waals surface area contributed by atoms with Crippen molar-refractivity contribution in [3.63, 3.8) is 0 Å². The fourth-order valence-corrected chi connectivity index (χ4v) is 3.45. The van der Waals surface area contributed by atoms with Crippen molar-refractivity contribution in [2.45, 2.75) is 33.1 Å². The van der Waals surface area contributed by atoms with Crippen molar-refractivity contribution in [2.75, 3.05) is 26.7 Å². The second kappa shape index (κ2) is 9.14. The Labute approximate surface area is 161 Å². The number of carbonyl (C=O) groups is 1. The third-order valence-electron chi connectivity index (χ3n) is 5.05. The SMILES string of the molecule is CNCCC1CCN(C(=O)c2nnn(-c3cccc(C)c3)c2C)CC1.Cl. The molecule has 0 radical (unpaired) electrons. The van der Waals surface area contributed by atoms with E-state index in [0.29, 0.717) is 11.6 Å². The molecule has 0 bridgehead atoms. The second-order valence-electron chi connectivity index (χ2n) is 6.90. The molecule has 1 N–H and O–H groups in total. The molecular formula is C19H28ClN5O. The van der Waals surface area contributed by atoms with Gasteiger partial charge in [0.15, 0.2) is 5.69 Å². The molecule has 0 unspecified atom stereocenters. The normalized spacial score (nSPS) is 15.0. The summed E-state index contributed by atoms with van der Waals surface area (Å²) in [6.45, 7) is 6.62. The van der Waals surface area contributed by atoms with Gasteiger partial charge in [0.2, 0.25) is 0 Å². The molecule has 26 heavy (non-hydrogen) atoms. The Balaban J connectivity index is 0.00000243.